The van der Waals surface area contributed by atoms with Crippen molar-refractivity contribution in [2.24, 2.45) is 0 Å². The number of aromatic nitrogens is 2. The zero-order chi connectivity index (χ0) is 14.1. The molecule has 0 saturated heterocycles. The maximum absolute atomic E-state index is 13.2. The minimum Gasteiger partial charge on any atom is -0.396 e. The Bertz CT molecular complexity index is 745. The third-order valence-electron chi connectivity index (χ3n) is 3.10. The highest BCUT2D eigenvalue weighted by molar-refractivity contribution is 7.13. The summed E-state index contributed by atoms with van der Waals surface area (Å²) in [6.07, 6.45) is 1.79. The molecule has 5 heteroatoms. The maximum Gasteiger partial charge on any atom is 0.125 e. The van der Waals surface area contributed by atoms with Crippen molar-refractivity contribution in [3.05, 3.63) is 58.9 Å². The number of hydrogen-bond acceptors (Lipinski definition) is 3. The molecule has 1 aromatic carbocycles. The fourth-order valence-electron chi connectivity index (χ4n) is 2.13. The summed E-state index contributed by atoms with van der Waals surface area (Å²) >= 11 is 1.62. The van der Waals surface area contributed by atoms with Crippen LogP contribution in [0, 0.1) is 12.7 Å². The van der Waals surface area contributed by atoms with Gasteiger partial charge in [-0.1, -0.05) is 12.1 Å². The number of aryl methyl sites for hydroxylation is 1. The average Bonchev–Trinajstić information content (AvgIpc) is 2.95. The van der Waals surface area contributed by atoms with Crippen LogP contribution < -0.4 is 5.73 Å². The van der Waals surface area contributed by atoms with Gasteiger partial charge in [0.2, 0.25) is 0 Å². The Morgan fingerprint density at radius 1 is 1.35 bits per heavy atom. The quantitative estimate of drug-likeness (QED) is 0.798. The van der Waals surface area contributed by atoms with Gasteiger partial charge in [0.25, 0.3) is 0 Å². The molecule has 0 saturated carbocycles. The lowest BCUT2D eigenvalue weighted by molar-refractivity contribution is 0.619. The lowest BCUT2D eigenvalue weighted by Gasteiger charge is -2.01. The molecule has 102 valence electrons. The van der Waals surface area contributed by atoms with Crippen LogP contribution in [0.1, 0.15) is 11.1 Å². The van der Waals surface area contributed by atoms with Crippen molar-refractivity contribution in [1.29, 1.82) is 0 Å². The van der Waals surface area contributed by atoms with Gasteiger partial charge in [-0.2, -0.15) is 5.10 Å². The van der Waals surface area contributed by atoms with Crippen LogP contribution >= 0.6 is 11.3 Å². The third kappa shape index (κ3) is 2.44. The van der Waals surface area contributed by atoms with Crippen LogP contribution in [0.15, 0.2) is 41.9 Å². The van der Waals surface area contributed by atoms with E-state index in [1.807, 2.05) is 24.4 Å². The normalized spacial score (nSPS) is 10.9. The molecule has 0 radical (unpaired) electrons. The van der Waals surface area contributed by atoms with E-state index in [0.29, 0.717) is 12.2 Å². The summed E-state index contributed by atoms with van der Waals surface area (Å²) in [5.41, 5.74) is 9.51. The van der Waals surface area contributed by atoms with Crippen LogP contribution in [0.2, 0.25) is 0 Å². The van der Waals surface area contributed by atoms with Gasteiger partial charge in [-0.05, 0) is 41.6 Å². The second-order valence-electron chi connectivity index (χ2n) is 4.69. The summed E-state index contributed by atoms with van der Waals surface area (Å²) in [6.45, 7) is 2.54. The van der Waals surface area contributed by atoms with Crippen LogP contribution in [0.5, 0.6) is 0 Å². The van der Waals surface area contributed by atoms with Crippen molar-refractivity contribution in [3.63, 3.8) is 0 Å². The lowest BCUT2D eigenvalue weighted by Crippen LogP contribution is -2.00. The van der Waals surface area contributed by atoms with Crippen LogP contribution in [-0.2, 0) is 6.54 Å². The lowest BCUT2D eigenvalue weighted by atomic mass is 10.2. The number of nitrogens with zero attached hydrogens (tertiary/aromatic N) is 2. The highest BCUT2D eigenvalue weighted by Crippen LogP contribution is 2.31. The molecule has 0 aliphatic heterocycles. The van der Waals surface area contributed by atoms with E-state index >= 15 is 0 Å². The number of halogens is 1. The molecule has 2 heterocycles. The second kappa shape index (κ2) is 5.09. The minimum atomic E-state index is -0.239. The first kappa shape index (κ1) is 12.9. The molecular weight excluding hydrogens is 273 g/mol. The van der Waals surface area contributed by atoms with Gasteiger partial charge in [-0.3, -0.25) is 4.68 Å². The fraction of sp³-hybridized carbons (Fsp3) is 0.133. The summed E-state index contributed by atoms with van der Waals surface area (Å²) in [6, 6.07) is 8.55. The fourth-order valence-corrected chi connectivity index (χ4v) is 3.06. The monoisotopic (exact) mass is 287 g/mol. The van der Waals surface area contributed by atoms with E-state index < -0.39 is 0 Å². The Morgan fingerprint density at radius 2 is 2.20 bits per heavy atom. The van der Waals surface area contributed by atoms with Crippen molar-refractivity contribution < 1.29 is 4.39 Å². The molecule has 3 rings (SSSR count). The number of nitrogen functional groups attached to an aromatic ring is 1. The number of hydrogen-bond donors (Lipinski definition) is 1. The molecule has 20 heavy (non-hydrogen) atoms. The van der Waals surface area contributed by atoms with Crippen LogP contribution in [0.25, 0.3) is 10.6 Å². The van der Waals surface area contributed by atoms with Gasteiger partial charge < -0.3 is 5.73 Å². The number of rotatable bonds is 3. The smallest absolute Gasteiger partial charge is 0.125 e. The summed E-state index contributed by atoms with van der Waals surface area (Å²) in [4.78, 5) is 1.08. The molecule has 3 nitrogen and oxygen atoms in total. The molecule has 2 aromatic heterocycles. The molecule has 0 atom stereocenters. The zero-order valence-electron chi connectivity index (χ0n) is 11.0. The summed E-state index contributed by atoms with van der Waals surface area (Å²) in [7, 11) is 0. The summed E-state index contributed by atoms with van der Waals surface area (Å²) < 4.78 is 14.9. The zero-order valence-corrected chi connectivity index (χ0v) is 11.8. The van der Waals surface area contributed by atoms with E-state index in [9.17, 15) is 4.39 Å². The van der Waals surface area contributed by atoms with Crippen LogP contribution in [-0.4, -0.2) is 9.78 Å². The van der Waals surface area contributed by atoms with E-state index in [1.54, 1.807) is 28.3 Å². The first-order valence-electron chi connectivity index (χ1n) is 6.25. The van der Waals surface area contributed by atoms with E-state index in [4.69, 9.17) is 5.73 Å². The number of benzene rings is 1. The molecule has 0 aliphatic rings. The molecule has 0 spiro atoms. The molecule has 0 fully saturated rings. The third-order valence-corrected chi connectivity index (χ3v) is 4.12. The molecule has 2 N–H and O–H groups in total. The van der Waals surface area contributed by atoms with Gasteiger partial charge in [0, 0.05) is 6.20 Å². The van der Waals surface area contributed by atoms with E-state index in [2.05, 4.69) is 5.10 Å². The van der Waals surface area contributed by atoms with Crippen molar-refractivity contribution in [2.75, 3.05) is 5.73 Å². The first-order valence-corrected chi connectivity index (χ1v) is 7.13. The first-order chi connectivity index (χ1) is 9.63. The van der Waals surface area contributed by atoms with Gasteiger partial charge in [0.1, 0.15) is 11.5 Å². The van der Waals surface area contributed by atoms with Gasteiger partial charge in [-0.15, -0.1) is 11.3 Å². The van der Waals surface area contributed by atoms with Gasteiger partial charge >= 0.3 is 0 Å². The van der Waals surface area contributed by atoms with E-state index in [0.717, 1.165) is 21.7 Å². The molecule has 0 amide bonds. The Hall–Kier alpha value is -2.14. The second-order valence-corrected chi connectivity index (χ2v) is 5.61. The van der Waals surface area contributed by atoms with Gasteiger partial charge in [-0.25, -0.2) is 4.39 Å². The maximum atomic E-state index is 13.2. The Labute approximate surface area is 120 Å². The molecule has 0 aliphatic carbocycles. The topological polar surface area (TPSA) is 43.8 Å². The van der Waals surface area contributed by atoms with Crippen molar-refractivity contribution >= 4 is 17.0 Å². The summed E-state index contributed by atoms with van der Waals surface area (Å²) in [5.74, 6) is -0.239. The Balaban J connectivity index is 1.91. The van der Waals surface area contributed by atoms with Crippen LogP contribution in [0.3, 0.4) is 0 Å². The highest BCUT2D eigenvalue weighted by Gasteiger charge is 2.12. The highest BCUT2D eigenvalue weighted by atomic mass is 32.1. The average molecular weight is 287 g/mol. The predicted octanol–water partition coefficient (Wildman–Crippen LogP) is 3.69. The van der Waals surface area contributed by atoms with Crippen molar-refractivity contribution in [1.82, 2.24) is 9.78 Å². The summed E-state index contributed by atoms with van der Waals surface area (Å²) in [5, 5.41) is 6.54. The van der Waals surface area contributed by atoms with Gasteiger partial charge in [0.15, 0.2) is 0 Å². The van der Waals surface area contributed by atoms with E-state index in [1.165, 1.54) is 12.1 Å². The minimum absolute atomic E-state index is 0.239. The van der Waals surface area contributed by atoms with Crippen LogP contribution in [0.4, 0.5) is 10.1 Å². The number of nitrogens with two attached hydrogens (primary N) is 1. The number of thiophene rings is 1. The SMILES string of the molecule is Cc1ccsc1-c1nn(Cc2cccc(F)c2)cc1N. The van der Waals surface area contributed by atoms with Crippen molar-refractivity contribution in [3.8, 4) is 10.6 Å². The standard InChI is InChI=1S/C15H14FN3S/c1-10-5-6-20-15(10)14-13(17)9-19(18-14)8-11-3-2-4-12(16)7-11/h2-7,9H,8,17H2,1H3. The van der Waals surface area contributed by atoms with Gasteiger partial charge in [0.05, 0.1) is 17.1 Å². The Kier molecular flexibility index (Phi) is 3.28. The van der Waals surface area contributed by atoms with Crippen molar-refractivity contribution in [2.45, 2.75) is 13.5 Å². The molecule has 0 bridgehead atoms. The largest absolute Gasteiger partial charge is 0.396 e. The predicted molar refractivity (Wildman–Crippen MR) is 80.2 cm³/mol. The molecule has 0 unspecified atom stereocenters. The molecule has 3 aromatic rings. The van der Waals surface area contributed by atoms with E-state index in [-0.39, 0.29) is 5.82 Å². The Morgan fingerprint density at radius 3 is 2.90 bits per heavy atom. The molecular formula is C15H14FN3S. The number of anilines is 1.